The van der Waals surface area contributed by atoms with Crippen LogP contribution in [-0.2, 0) is 4.79 Å². The van der Waals surface area contributed by atoms with Crippen molar-refractivity contribution < 1.29 is 14.7 Å². The van der Waals surface area contributed by atoms with Gasteiger partial charge in [-0.2, -0.15) is 0 Å². The number of rotatable bonds is 2. The fourth-order valence-electron chi connectivity index (χ4n) is 1.92. The Morgan fingerprint density at radius 2 is 2.12 bits per heavy atom. The number of hydrogen-bond donors (Lipinski definition) is 1. The molecule has 17 heavy (non-hydrogen) atoms. The van der Waals surface area contributed by atoms with E-state index in [-0.39, 0.29) is 11.5 Å². The van der Waals surface area contributed by atoms with Crippen LogP contribution in [0.1, 0.15) is 29.6 Å². The number of amides is 1. The minimum Gasteiger partial charge on any atom is -0.478 e. The third kappa shape index (κ3) is 2.49. The van der Waals surface area contributed by atoms with Crippen LogP contribution in [-0.4, -0.2) is 23.5 Å². The molecule has 1 fully saturated rings. The molecular weight excluding hydrogens is 286 g/mol. The van der Waals surface area contributed by atoms with Crippen LogP contribution >= 0.6 is 15.9 Å². The molecule has 1 heterocycles. The number of piperidine rings is 1. The number of anilines is 1. The molecule has 0 saturated carbocycles. The second-order valence-electron chi connectivity index (χ2n) is 3.97. The Labute approximate surface area is 107 Å². The lowest BCUT2D eigenvalue weighted by Gasteiger charge is -2.27. The zero-order valence-corrected chi connectivity index (χ0v) is 10.7. The first-order chi connectivity index (χ1) is 8.09. The molecule has 0 aromatic heterocycles. The molecule has 0 aliphatic carbocycles. The molecule has 0 atom stereocenters. The van der Waals surface area contributed by atoms with Gasteiger partial charge in [0.1, 0.15) is 0 Å². The minimum absolute atomic E-state index is 0.0647. The summed E-state index contributed by atoms with van der Waals surface area (Å²) in [6.07, 6.45) is 2.42. The SMILES string of the molecule is O=C(O)c1cc(N2CCCCC2=O)ccc1Br. The summed E-state index contributed by atoms with van der Waals surface area (Å²) in [6, 6.07) is 4.97. The number of halogens is 1. The van der Waals surface area contributed by atoms with Crippen LogP contribution in [0, 0.1) is 0 Å². The van der Waals surface area contributed by atoms with Crippen molar-refractivity contribution in [2.24, 2.45) is 0 Å². The number of aromatic carboxylic acids is 1. The van der Waals surface area contributed by atoms with Gasteiger partial charge in [0.15, 0.2) is 0 Å². The molecule has 1 aromatic rings. The first-order valence-corrected chi connectivity index (χ1v) is 6.22. The molecule has 4 nitrogen and oxygen atoms in total. The molecule has 5 heteroatoms. The highest BCUT2D eigenvalue weighted by atomic mass is 79.9. The molecule has 1 amide bonds. The number of carbonyl (C=O) groups excluding carboxylic acids is 1. The molecule has 1 aromatic carbocycles. The molecule has 1 N–H and O–H groups in total. The normalized spacial score (nSPS) is 16.1. The monoisotopic (exact) mass is 297 g/mol. The van der Waals surface area contributed by atoms with Gasteiger partial charge >= 0.3 is 5.97 Å². The molecule has 90 valence electrons. The molecule has 0 unspecified atom stereocenters. The number of nitrogens with zero attached hydrogens (tertiary/aromatic N) is 1. The zero-order chi connectivity index (χ0) is 12.4. The standard InChI is InChI=1S/C12H12BrNO3/c13-10-5-4-8(7-9(10)12(16)17)14-6-2-1-3-11(14)15/h4-5,7H,1-3,6H2,(H,16,17). The Balaban J connectivity index is 2.35. The Morgan fingerprint density at radius 3 is 2.76 bits per heavy atom. The van der Waals surface area contributed by atoms with E-state index in [1.165, 1.54) is 6.07 Å². The van der Waals surface area contributed by atoms with Crippen molar-refractivity contribution in [2.75, 3.05) is 11.4 Å². The van der Waals surface area contributed by atoms with Gasteiger partial charge in [0, 0.05) is 23.1 Å². The van der Waals surface area contributed by atoms with Crippen LogP contribution in [0.5, 0.6) is 0 Å². The van der Waals surface area contributed by atoms with Gasteiger partial charge in [-0.1, -0.05) is 0 Å². The first-order valence-electron chi connectivity index (χ1n) is 5.43. The van der Waals surface area contributed by atoms with Crippen molar-refractivity contribution in [3.05, 3.63) is 28.2 Å². The quantitative estimate of drug-likeness (QED) is 0.913. The lowest BCUT2D eigenvalue weighted by Crippen LogP contribution is -2.35. The summed E-state index contributed by atoms with van der Waals surface area (Å²) in [5.41, 5.74) is 0.844. The number of benzene rings is 1. The fourth-order valence-corrected chi connectivity index (χ4v) is 2.34. The van der Waals surface area contributed by atoms with E-state index in [9.17, 15) is 9.59 Å². The highest BCUT2D eigenvalue weighted by Crippen LogP contribution is 2.26. The van der Waals surface area contributed by atoms with Crippen LogP contribution in [0.3, 0.4) is 0 Å². The van der Waals surface area contributed by atoms with E-state index in [0.717, 1.165) is 12.8 Å². The maximum Gasteiger partial charge on any atom is 0.336 e. The molecule has 0 bridgehead atoms. The zero-order valence-electron chi connectivity index (χ0n) is 9.15. The van der Waals surface area contributed by atoms with Crippen LogP contribution in [0.25, 0.3) is 0 Å². The average molecular weight is 298 g/mol. The Kier molecular flexibility index (Phi) is 3.47. The van der Waals surface area contributed by atoms with Gasteiger partial charge in [-0.05, 0) is 47.0 Å². The van der Waals surface area contributed by atoms with Crippen LogP contribution in [0.15, 0.2) is 22.7 Å². The van der Waals surface area contributed by atoms with Crippen molar-refractivity contribution >= 4 is 33.5 Å². The van der Waals surface area contributed by atoms with Crippen LogP contribution < -0.4 is 4.90 Å². The molecule has 2 rings (SSSR count). The van der Waals surface area contributed by atoms with Gasteiger partial charge in [0.25, 0.3) is 0 Å². The highest BCUT2D eigenvalue weighted by molar-refractivity contribution is 9.10. The van der Waals surface area contributed by atoms with E-state index in [2.05, 4.69) is 15.9 Å². The number of carboxylic acids is 1. The van der Waals surface area contributed by atoms with Gasteiger partial charge in [0.05, 0.1) is 5.56 Å². The Morgan fingerprint density at radius 1 is 1.35 bits per heavy atom. The lowest BCUT2D eigenvalue weighted by molar-refractivity contribution is -0.119. The first kappa shape index (κ1) is 12.1. The van der Waals surface area contributed by atoms with Crippen molar-refractivity contribution in [3.8, 4) is 0 Å². The topological polar surface area (TPSA) is 57.6 Å². The second-order valence-corrected chi connectivity index (χ2v) is 4.83. The smallest absolute Gasteiger partial charge is 0.336 e. The predicted molar refractivity (Wildman–Crippen MR) is 67.3 cm³/mol. The second kappa shape index (κ2) is 4.87. The third-order valence-electron chi connectivity index (χ3n) is 2.82. The predicted octanol–water partition coefficient (Wildman–Crippen LogP) is 2.66. The summed E-state index contributed by atoms with van der Waals surface area (Å²) in [5, 5.41) is 9.02. The van der Waals surface area contributed by atoms with Crippen molar-refractivity contribution in [2.45, 2.75) is 19.3 Å². The number of carboxylic acid groups (broad SMARTS) is 1. The van der Waals surface area contributed by atoms with Gasteiger partial charge in [-0.3, -0.25) is 4.79 Å². The van der Waals surface area contributed by atoms with Gasteiger partial charge in [0.2, 0.25) is 5.91 Å². The van der Waals surface area contributed by atoms with E-state index in [1.54, 1.807) is 17.0 Å². The van der Waals surface area contributed by atoms with E-state index in [0.29, 0.717) is 23.1 Å². The number of carbonyl (C=O) groups is 2. The molecule has 1 saturated heterocycles. The van der Waals surface area contributed by atoms with E-state index in [4.69, 9.17) is 5.11 Å². The minimum atomic E-state index is -0.997. The fraction of sp³-hybridized carbons (Fsp3) is 0.333. The molecule has 1 aliphatic heterocycles. The summed E-state index contributed by atoms with van der Waals surface area (Å²) in [7, 11) is 0. The highest BCUT2D eigenvalue weighted by Gasteiger charge is 2.21. The third-order valence-corrected chi connectivity index (χ3v) is 3.51. The van der Waals surface area contributed by atoms with E-state index < -0.39 is 5.97 Å². The average Bonchev–Trinajstić information content (AvgIpc) is 2.30. The van der Waals surface area contributed by atoms with Crippen molar-refractivity contribution in [1.82, 2.24) is 0 Å². The Hall–Kier alpha value is -1.36. The van der Waals surface area contributed by atoms with E-state index in [1.807, 2.05) is 0 Å². The van der Waals surface area contributed by atoms with E-state index >= 15 is 0 Å². The summed E-state index contributed by atoms with van der Waals surface area (Å²) >= 11 is 3.19. The summed E-state index contributed by atoms with van der Waals surface area (Å²) in [5.74, 6) is -0.932. The van der Waals surface area contributed by atoms with Crippen molar-refractivity contribution in [3.63, 3.8) is 0 Å². The van der Waals surface area contributed by atoms with Gasteiger partial charge < -0.3 is 10.0 Å². The molecular formula is C12H12BrNO3. The van der Waals surface area contributed by atoms with Crippen LogP contribution in [0.4, 0.5) is 5.69 Å². The molecule has 0 spiro atoms. The summed E-state index contributed by atoms with van der Waals surface area (Å²) in [6.45, 7) is 0.666. The molecule has 1 aliphatic rings. The lowest BCUT2D eigenvalue weighted by atomic mass is 10.1. The van der Waals surface area contributed by atoms with Gasteiger partial charge in [-0.25, -0.2) is 4.79 Å². The largest absolute Gasteiger partial charge is 0.478 e. The Bertz CT molecular complexity index is 473. The summed E-state index contributed by atoms with van der Waals surface area (Å²) < 4.78 is 0.526. The maximum absolute atomic E-state index is 11.7. The molecule has 0 radical (unpaired) electrons. The maximum atomic E-state index is 11.7. The van der Waals surface area contributed by atoms with Crippen LogP contribution in [0.2, 0.25) is 0 Å². The van der Waals surface area contributed by atoms with Crippen molar-refractivity contribution in [1.29, 1.82) is 0 Å². The van der Waals surface area contributed by atoms with Gasteiger partial charge in [-0.15, -0.1) is 0 Å². The summed E-state index contributed by atoms with van der Waals surface area (Å²) in [4.78, 5) is 24.4. The number of hydrogen-bond acceptors (Lipinski definition) is 2.